The number of benzene rings is 1. The van der Waals surface area contributed by atoms with Gasteiger partial charge < -0.3 is 15.5 Å². The summed E-state index contributed by atoms with van der Waals surface area (Å²) < 4.78 is 15.5. The van der Waals surface area contributed by atoms with Gasteiger partial charge in [0, 0.05) is 24.2 Å². The third kappa shape index (κ3) is 4.50. The van der Waals surface area contributed by atoms with Crippen LogP contribution in [0.5, 0.6) is 0 Å². The number of imidazole rings is 1. The maximum atomic E-state index is 13.8. The maximum absolute atomic E-state index is 13.8. The van der Waals surface area contributed by atoms with Crippen molar-refractivity contribution in [3.8, 4) is 11.3 Å². The van der Waals surface area contributed by atoms with E-state index in [1.54, 1.807) is 10.6 Å². The van der Waals surface area contributed by atoms with Crippen LogP contribution in [0.1, 0.15) is 33.6 Å². The van der Waals surface area contributed by atoms with Crippen molar-refractivity contribution in [3.63, 3.8) is 0 Å². The summed E-state index contributed by atoms with van der Waals surface area (Å²) in [5.41, 5.74) is 1.10. The number of halogens is 1. The number of anilines is 2. The van der Waals surface area contributed by atoms with Gasteiger partial charge >= 0.3 is 0 Å². The molecule has 1 amide bonds. The summed E-state index contributed by atoms with van der Waals surface area (Å²) >= 11 is 1.39. The van der Waals surface area contributed by atoms with E-state index < -0.39 is 0 Å². The fraction of sp³-hybridized carbons (Fsp3) is 0.450. The van der Waals surface area contributed by atoms with Gasteiger partial charge in [0.25, 0.3) is 0 Å². The van der Waals surface area contributed by atoms with Crippen LogP contribution in [0, 0.1) is 5.82 Å². The van der Waals surface area contributed by atoms with E-state index in [0.717, 1.165) is 12.8 Å². The number of likely N-dealkylation sites (N-methyl/N-ethyl adjacent to an activating group) is 1. The van der Waals surface area contributed by atoms with Crippen molar-refractivity contribution < 1.29 is 9.18 Å². The van der Waals surface area contributed by atoms with Gasteiger partial charge in [-0.05, 0) is 45.7 Å². The van der Waals surface area contributed by atoms with E-state index in [-0.39, 0.29) is 23.8 Å². The Kier molecular flexibility index (Phi) is 4.94. The molecule has 9 heteroatoms. The summed E-state index contributed by atoms with van der Waals surface area (Å²) in [6.07, 6.45) is 2.12. The minimum atomic E-state index is -0.310. The van der Waals surface area contributed by atoms with E-state index in [4.69, 9.17) is 4.98 Å². The lowest BCUT2D eigenvalue weighted by molar-refractivity contribution is -0.119. The predicted molar refractivity (Wildman–Crippen MR) is 114 cm³/mol. The topological polar surface area (TPSA) is 74.6 Å². The van der Waals surface area contributed by atoms with E-state index in [0.29, 0.717) is 33.2 Å². The van der Waals surface area contributed by atoms with Crippen molar-refractivity contribution in [1.82, 2.24) is 19.9 Å². The smallest absolute Gasteiger partial charge is 0.239 e. The second kappa shape index (κ2) is 7.29. The maximum Gasteiger partial charge on any atom is 0.239 e. The second-order valence-corrected chi connectivity index (χ2v) is 9.41. The number of hydrogen-bond donors (Lipinski definition) is 2. The fourth-order valence-corrected chi connectivity index (χ4v) is 3.84. The molecule has 0 unspecified atom stereocenters. The van der Waals surface area contributed by atoms with Crippen molar-refractivity contribution in [2.75, 3.05) is 23.8 Å². The Morgan fingerprint density at radius 1 is 1.38 bits per heavy atom. The van der Waals surface area contributed by atoms with Crippen LogP contribution in [-0.2, 0) is 4.79 Å². The molecule has 7 nitrogen and oxygen atoms in total. The van der Waals surface area contributed by atoms with Gasteiger partial charge in [0.1, 0.15) is 11.5 Å². The first-order valence-electron chi connectivity index (χ1n) is 9.64. The van der Waals surface area contributed by atoms with Crippen molar-refractivity contribution in [2.45, 2.75) is 45.2 Å². The van der Waals surface area contributed by atoms with Crippen LogP contribution in [0.25, 0.3) is 16.2 Å². The van der Waals surface area contributed by atoms with Crippen LogP contribution in [-0.4, -0.2) is 45.7 Å². The third-order valence-electron chi connectivity index (χ3n) is 4.43. The summed E-state index contributed by atoms with van der Waals surface area (Å²) in [5.74, 6) is 0.392. The molecule has 4 rings (SSSR count). The molecule has 3 aromatic rings. The highest BCUT2D eigenvalue weighted by Crippen LogP contribution is 2.34. The summed E-state index contributed by atoms with van der Waals surface area (Å²) in [6.45, 7) is 6.38. The zero-order valence-electron chi connectivity index (χ0n) is 17.0. The molecule has 1 aliphatic carbocycles. The second-order valence-electron chi connectivity index (χ2n) is 8.47. The van der Waals surface area contributed by atoms with Crippen LogP contribution in [0.3, 0.4) is 0 Å². The average molecular weight is 417 g/mol. The number of rotatable bonds is 6. The molecule has 0 spiro atoms. The van der Waals surface area contributed by atoms with Crippen LogP contribution in [0.2, 0.25) is 0 Å². The molecule has 1 aromatic carbocycles. The first kappa shape index (κ1) is 19.6. The summed E-state index contributed by atoms with van der Waals surface area (Å²) in [4.78, 5) is 19.3. The number of nitrogens with zero attached hydrogens (tertiary/aromatic N) is 4. The third-order valence-corrected chi connectivity index (χ3v) is 5.46. The molecule has 2 heterocycles. The number of hydrogen-bond acceptors (Lipinski definition) is 6. The van der Waals surface area contributed by atoms with E-state index in [2.05, 4.69) is 15.7 Å². The van der Waals surface area contributed by atoms with Gasteiger partial charge in [-0.25, -0.2) is 9.37 Å². The average Bonchev–Trinajstić information content (AvgIpc) is 3.23. The number of carbonyl (C=O) groups is 1. The molecule has 2 N–H and O–H groups in total. The molecule has 0 atom stereocenters. The molecule has 0 saturated heterocycles. The standard InChI is InChI=1S/C20H25FN6OS/c1-20(2,3)24-17-16(12-6-5-7-13(21)10-12)23-18-27(17)25-19(29-18)26(4)11-15(28)22-14-8-9-14/h5-7,10,14,24H,8-9,11H2,1-4H3,(H,22,28). The van der Waals surface area contributed by atoms with Gasteiger partial charge in [-0.3, -0.25) is 4.79 Å². The van der Waals surface area contributed by atoms with E-state index in [9.17, 15) is 9.18 Å². The molecule has 1 aliphatic rings. The number of carbonyl (C=O) groups excluding carboxylic acids is 1. The summed E-state index contributed by atoms with van der Waals surface area (Å²) in [5, 5.41) is 11.8. The first-order valence-corrected chi connectivity index (χ1v) is 10.5. The zero-order valence-corrected chi connectivity index (χ0v) is 17.8. The molecule has 154 valence electrons. The van der Waals surface area contributed by atoms with E-state index >= 15 is 0 Å². The normalized spacial score (nSPS) is 14.2. The lowest BCUT2D eigenvalue weighted by Crippen LogP contribution is -2.36. The molecule has 1 saturated carbocycles. The van der Waals surface area contributed by atoms with Gasteiger partial charge in [-0.2, -0.15) is 4.52 Å². The zero-order chi connectivity index (χ0) is 20.8. The van der Waals surface area contributed by atoms with Crippen LogP contribution in [0.4, 0.5) is 15.3 Å². The first-order chi connectivity index (χ1) is 13.7. The lowest BCUT2D eigenvalue weighted by Gasteiger charge is -2.22. The number of fused-ring (bicyclic) bond motifs is 1. The Morgan fingerprint density at radius 3 is 2.79 bits per heavy atom. The lowest BCUT2D eigenvalue weighted by atomic mass is 10.1. The van der Waals surface area contributed by atoms with Crippen molar-refractivity contribution in [1.29, 1.82) is 0 Å². The highest BCUT2D eigenvalue weighted by molar-refractivity contribution is 7.20. The SMILES string of the molecule is CN(CC(=O)NC1CC1)c1nn2c(NC(C)(C)C)c(-c3cccc(F)c3)nc2s1. The largest absolute Gasteiger partial charge is 0.364 e. The summed E-state index contributed by atoms with van der Waals surface area (Å²) in [6, 6.07) is 6.72. The van der Waals surface area contributed by atoms with Gasteiger partial charge in [-0.1, -0.05) is 23.5 Å². The number of nitrogens with one attached hydrogen (secondary N) is 2. The highest BCUT2D eigenvalue weighted by Gasteiger charge is 2.26. The Balaban J connectivity index is 1.67. The quantitative estimate of drug-likeness (QED) is 0.643. The molecular formula is C20H25FN6OS. The van der Waals surface area contributed by atoms with Crippen LogP contribution < -0.4 is 15.5 Å². The van der Waals surface area contributed by atoms with Gasteiger partial charge in [0.2, 0.25) is 16.0 Å². The molecular weight excluding hydrogens is 391 g/mol. The Labute approximate surface area is 172 Å². The monoisotopic (exact) mass is 416 g/mol. The number of amides is 1. The molecule has 1 fully saturated rings. The molecule has 0 aliphatic heterocycles. The predicted octanol–water partition coefficient (Wildman–Crippen LogP) is 3.52. The van der Waals surface area contributed by atoms with Crippen LogP contribution >= 0.6 is 11.3 Å². The van der Waals surface area contributed by atoms with Gasteiger partial charge in [0.05, 0.1) is 6.54 Å². The highest BCUT2D eigenvalue weighted by atomic mass is 32.1. The Hall–Kier alpha value is -2.68. The molecule has 0 radical (unpaired) electrons. The minimum absolute atomic E-state index is 0.00340. The fourth-order valence-electron chi connectivity index (χ4n) is 2.98. The molecule has 0 bridgehead atoms. The minimum Gasteiger partial charge on any atom is -0.364 e. The van der Waals surface area contributed by atoms with Crippen LogP contribution in [0.15, 0.2) is 24.3 Å². The van der Waals surface area contributed by atoms with E-state index in [1.165, 1.54) is 23.5 Å². The van der Waals surface area contributed by atoms with Crippen molar-refractivity contribution in [3.05, 3.63) is 30.1 Å². The van der Waals surface area contributed by atoms with Crippen molar-refractivity contribution >= 4 is 33.2 Å². The van der Waals surface area contributed by atoms with Gasteiger partial charge in [0.15, 0.2) is 5.82 Å². The Morgan fingerprint density at radius 2 is 2.14 bits per heavy atom. The van der Waals surface area contributed by atoms with Crippen molar-refractivity contribution in [2.24, 2.45) is 0 Å². The Bertz CT molecular complexity index is 1050. The summed E-state index contributed by atoms with van der Waals surface area (Å²) in [7, 11) is 1.84. The molecule has 29 heavy (non-hydrogen) atoms. The van der Waals surface area contributed by atoms with E-state index in [1.807, 2.05) is 38.8 Å². The number of aromatic nitrogens is 3. The van der Waals surface area contributed by atoms with Gasteiger partial charge in [-0.15, -0.1) is 5.10 Å². The molecule has 2 aromatic heterocycles.